The van der Waals surface area contributed by atoms with Gasteiger partial charge < -0.3 is 0 Å². The van der Waals surface area contributed by atoms with Crippen LogP contribution in [0.2, 0.25) is 0 Å². The average molecular weight is 256 g/mol. The summed E-state index contributed by atoms with van der Waals surface area (Å²) < 4.78 is 0.814. The van der Waals surface area contributed by atoms with Crippen LogP contribution in [0.25, 0.3) is 0 Å². The molecule has 0 N–H and O–H groups in total. The van der Waals surface area contributed by atoms with E-state index >= 15 is 0 Å². The molecule has 0 aliphatic carbocycles. The Hall–Kier alpha value is -0.700. The van der Waals surface area contributed by atoms with Crippen molar-refractivity contribution in [1.29, 1.82) is 0 Å². The van der Waals surface area contributed by atoms with E-state index in [-0.39, 0.29) is 11.2 Å². The quantitative estimate of drug-likeness (QED) is 0.778. The molecular formula is C11H14BrNO. The van der Waals surface area contributed by atoms with Crippen molar-refractivity contribution in [2.45, 2.75) is 27.2 Å². The van der Waals surface area contributed by atoms with E-state index in [1.54, 1.807) is 6.92 Å². The van der Waals surface area contributed by atoms with Crippen LogP contribution in [0.15, 0.2) is 22.8 Å². The fraction of sp³-hybridized carbons (Fsp3) is 0.455. The van der Waals surface area contributed by atoms with Crippen LogP contribution in [0.5, 0.6) is 0 Å². The lowest BCUT2D eigenvalue weighted by Crippen LogP contribution is -2.24. The summed E-state index contributed by atoms with van der Waals surface area (Å²) in [5.74, 6) is 0.194. The highest BCUT2D eigenvalue weighted by molar-refractivity contribution is 9.10. The fourth-order valence-corrected chi connectivity index (χ4v) is 1.51. The van der Waals surface area contributed by atoms with Gasteiger partial charge in [-0.15, -0.1) is 0 Å². The summed E-state index contributed by atoms with van der Waals surface area (Å²) >= 11 is 3.31. The van der Waals surface area contributed by atoms with Crippen LogP contribution in [-0.4, -0.2) is 10.8 Å². The maximum atomic E-state index is 11.3. The number of pyridine rings is 1. The first-order valence-corrected chi connectivity index (χ1v) is 5.33. The molecule has 76 valence electrons. The number of rotatable bonds is 3. The van der Waals surface area contributed by atoms with Gasteiger partial charge in [-0.1, -0.05) is 19.9 Å². The molecule has 0 radical (unpaired) electrons. The predicted octanol–water partition coefficient (Wildman–Crippen LogP) is 3.00. The van der Waals surface area contributed by atoms with Crippen LogP contribution >= 0.6 is 15.9 Å². The number of halogens is 1. The van der Waals surface area contributed by atoms with Crippen LogP contribution in [-0.2, 0) is 11.2 Å². The summed E-state index contributed by atoms with van der Waals surface area (Å²) in [5, 5.41) is 0. The topological polar surface area (TPSA) is 30.0 Å². The Kier molecular flexibility index (Phi) is 3.43. The molecule has 0 aliphatic heterocycles. The zero-order valence-corrected chi connectivity index (χ0v) is 10.3. The molecule has 0 saturated carbocycles. The van der Waals surface area contributed by atoms with Gasteiger partial charge in [0.1, 0.15) is 10.4 Å². The van der Waals surface area contributed by atoms with Crippen molar-refractivity contribution in [3.63, 3.8) is 0 Å². The van der Waals surface area contributed by atoms with Crippen LogP contribution in [0.1, 0.15) is 26.5 Å². The predicted molar refractivity (Wildman–Crippen MR) is 60.1 cm³/mol. The lowest BCUT2D eigenvalue weighted by molar-refractivity contribution is -0.124. The number of carbonyl (C=O) groups excluding carboxylic acids is 1. The van der Waals surface area contributed by atoms with Crippen molar-refractivity contribution in [2.24, 2.45) is 5.41 Å². The molecule has 0 atom stereocenters. The van der Waals surface area contributed by atoms with Crippen molar-refractivity contribution in [1.82, 2.24) is 4.98 Å². The van der Waals surface area contributed by atoms with Gasteiger partial charge in [0.15, 0.2) is 0 Å². The molecule has 0 unspecified atom stereocenters. The zero-order valence-electron chi connectivity index (χ0n) is 8.67. The largest absolute Gasteiger partial charge is 0.299 e. The summed E-state index contributed by atoms with van der Waals surface area (Å²) in [5.41, 5.74) is 0.618. The van der Waals surface area contributed by atoms with Crippen LogP contribution in [0.3, 0.4) is 0 Å². The lowest BCUT2D eigenvalue weighted by atomic mass is 9.84. The monoisotopic (exact) mass is 255 g/mol. The van der Waals surface area contributed by atoms with Crippen molar-refractivity contribution in [2.75, 3.05) is 0 Å². The van der Waals surface area contributed by atoms with Crippen molar-refractivity contribution in [3.8, 4) is 0 Å². The van der Waals surface area contributed by atoms with Crippen molar-refractivity contribution < 1.29 is 4.79 Å². The minimum absolute atomic E-state index is 0.194. The Morgan fingerprint density at radius 3 is 2.64 bits per heavy atom. The van der Waals surface area contributed by atoms with E-state index in [4.69, 9.17) is 0 Å². The summed E-state index contributed by atoms with van der Waals surface area (Å²) in [6.45, 7) is 5.51. The first-order valence-electron chi connectivity index (χ1n) is 4.54. The molecule has 14 heavy (non-hydrogen) atoms. The van der Waals surface area contributed by atoms with Gasteiger partial charge in [0.05, 0.1) is 0 Å². The van der Waals surface area contributed by atoms with E-state index in [1.165, 1.54) is 0 Å². The van der Waals surface area contributed by atoms with E-state index < -0.39 is 0 Å². The molecule has 1 rings (SSSR count). The van der Waals surface area contributed by atoms with Crippen LogP contribution < -0.4 is 0 Å². The number of Topliss-reactive ketones (excluding diaryl/α,β-unsaturated/α-hetero) is 1. The van der Waals surface area contributed by atoms with Crippen molar-refractivity contribution in [3.05, 3.63) is 28.5 Å². The molecule has 2 nitrogen and oxygen atoms in total. The van der Waals surface area contributed by atoms with Crippen LogP contribution in [0.4, 0.5) is 0 Å². The SMILES string of the molecule is CC(=O)C(C)(C)Cc1cccc(Br)n1. The summed E-state index contributed by atoms with van der Waals surface area (Å²) in [6, 6.07) is 5.75. The number of aromatic nitrogens is 1. The average Bonchev–Trinajstić information content (AvgIpc) is 2.02. The van der Waals surface area contributed by atoms with Gasteiger partial charge in [0, 0.05) is 17.5 Å². The molecule has 1 heterocycles. The van der Waals surface area contributed by atoms with Gasteiger partial charge in [0.25, 0.3) is 0 Å². The second kappa shape index (κ2) is 4.22. The maximum Gasteiger partial charge on any atom is 0.135 e. The molecule has 0 aromatic carbocycles. The molecule has 3 heteroatoms. The Morgan fingerprint density at radius 1 is 1.50 bits per heavy atom. The normalized spacial score (nSPS) is 11.4. The number of ketones is 1. The minimum Gasteiger partial charge on any atom is -0.299 e. The van der Waals surface area contributed by atoms with Gasteiger partial charge in [-0.25, -0.2) is 4.98 Å². The van der Waals surface area contributed by atoms with E-state index in [0.717, 1.165) is 10.3 Å². The third-order valence-corrected chi connectivity index (χ3v) is 2.79. The molecule has 0 saturated heterocycles. The fourth-order valence-electron chi connectivity index (χ4n) is 1.13. The Morgan fingerprint density at radius 2 is 2.14 bits per heavy atom. The first-order chi connectivity index (χ1) is 6.42. The Balaban J connectivity index is 2.83. The number of nitrogens with zero attached hydrogens (tertiary/aromatic N) is 1. The van der Waals surface area contributed by atoms with E-state index in [2.05, 4.69) is 20.9 Å². The molecule has 1 aromatic rings. The minimum atomic E-state index is -0.326. The highest BCUT2D eigenvalue weighted by Gasteiger charge is 2.24. The second-order valence-electron chi connectivity index (χ2n) is 4.07. The summed E-state index contributed by atoms with van der Waals surface area (Å²) in [7, 11) is 0. The third kappa shape index (κ3) is 2.91. The summed E-state index contributed by atoms with van der Waals surface area (Å²) in [4.78, 5) is 15.6. The molecule has 1 aromatic heterocycles. The van der Waals surface area contributed by atoms with Gasteiger partial charge in [-0.3, -0.25) is 4.79 Å². The van der Waals surface area contributed by atoms with Gasteiger partial charge in [-0.05, 0) is 35.0 Å². The van der Waals surface area contributed by atoms with E-state index in [0.29, 0.717) is 6.42 Å². The number of hydrogen-bond donors (Lipinski definition) is 0. The smallest absolute Gasteiger partial charge is 0.135 e. The molecule has 0 aliphatic rings. The first kappa shape index (κ1) is 11.4. The lowest BCUT2D eigenvalue weighted by Gasteiger charge is -2.20. The van der Waals surface area contributed by atoms with E-state index in [9.17, 15) is 4.79 Å². The van der Waals surface area contributed by atoms with Gasteiger partial charge in [-0.2, -0.15) is 0 Å². The number of carbonyl (C=O) groups is 1. The third-order valence-electron chi connectivity index (χ3n) is 2.35. The Labute approximate surface area is 92.9 Å². The molecule has 0 spiro atoms. The zero-order chi connectivity index (χ0) is 10.8. The standard InChI is InChI=1S/C11H14BrNO/c1-8(14)11(2,3)7-9-5-4-6-10(12)13-9/h4-6H,7H2,1-3H3. The summed E-state index contributed by atoms with van der Waals surface area (Å²) in [6.07, 6.45) is 0.682. The highest BCUT2D eigenvalue weighted by Crippen LogP contribution is 2.22. The second-order valence-corrected chi connectivity index (χ2v) is 4.88. The van der Waals surface area contributed by atoms with Gasteiger partial charge >= 0.3 is 0 Å². The van der Waals surface area contributed by atoms with Crippen molar-refractivity contribution >= 4 is 21.7 Å². The van der Waals surface area contributed by atoms with E-state index in [1.807, 2.05) is 32.0 Å². The van der Waals surface area contributed by atoms with Gasteiger partial charge in [0.2, 0.25) is 0 Å². The number of hydrogen-bond acceptors (Lipinski definition) is 2. The Bertz CT molecular complexity index is 347. The molecule has 0 bridgehead atoms. The molecular weight excluding hydrogens is 242 g/mol. The maximum absolute atomic E-state index is 11.3. The van der Waals surface area contributed by atoms with Crippen LogP contribution in [0, 0.1) is 5.41 Å². The highest BCUT2D eigenvalue weighted by atomic mass is 79.9. The molecule has 0 fully saturated rings. The molecule has 0 amide bonds.